The molecule has 0 aromatic carbocycles. The second-order valence-electron chi connectivity index (χ2n) is 23.7. The first-order valence-electron chi connectivity index (χ1n) is 27.3. The van der Waals surface area contributed by atoms with Crippen molar-refractivity contribution in [1.29, 1.82) is 0 Å². The Morgan fingerprint density at radius 2 is 1.03 bits per heavy atom. The molecule has 6 fully saturated rings. The first kappa shape index (κ1) is 60.9. The van der Waals surface area contributed by atoms with E-state index in [-0.39, 0.29) is 28.9 Å². The molecule has 7 amide bonds. The van der Waals surface area contributed by atoms with E-state index in [1.165, 1.54) is 9.80 Å². The molecule has 4 aliphatic carbocycles. The van der Waals surface area contributed by atoms with Gasteiger partial charge in [0.1, 0.15) is 46.4 Å². The summed E-state index contributed by atoms with van der Waals surface area (Å²) in [5, 5.41) is 24.6. The maximum Gasteiger partial charge on any atom is 0.408 e. The number of carbonyl (C=O) groups is 8. The number of hydrogen-bond acceptors (Lipinski definition) is 14. The molecular weight excluding hydrogens is 1040 g/mol. The first-order chi connectivity index (χ1) is 36.0. The normalized spacial score (nSPS) is 31.1. The largest absolute Gasteiger partial charge is 0.479 e. The summed E-state index contributed by atoms with van der Waals surface area (Å²) in [6.45, 7) is 11.2. The van der Waals surface area contributed by atoms with Gasteiger partial charge in [-0.05, 0) is 144 Å². The van der Waals surface area contributed by atoms with Crippen molar-refractivity contribution in [2.24, 2.45) is 17.0 Å². The number of allylic oxidation sites excluding steroid dienone is 2. The molecule has 25 heteroatoms. The van der Waals surface area contributed by atoms with E-state index in [0.717, 1.165) is 57.8 Å². The van der Waals surface area contributed by atoms with Gasteiger partial charge in [-0.2, -0.15) is 0 Å². The topological polar surface area (TPSA) is 336 Å². The predicted octanol–water partition coefficient (Wildman–Crippen LogP) is 3.66. The zero-order valence-electron chi connectivity index (χ0n) is 45.4. The van der Waals surface area contributed by atoms with Crippen LogP contribution in [0.2, 0.25) is 0 Å². The lowest BCUT2D eigenvalue weighted by Gasteiger charge is -2.30. The van der Waals surface area contributed by atoms with Gasteiger partial charge in [0, 0.05) is 24.9 Å². The van der Waals surface area contributed by atoms with E-state index in [4.69, 9.17) is 14.6 Å². The summed E-state index contributed by atoms with van der Waals surface area (Å²) in [4.78, 5) is 106. The quantitative estimate of drug-likeness (QED) is 0.179. The number of alkyl carbamates (subject to hydrolysis) is 2. The van der Waals surface area contributed by atoms with Gasteiger partial charge in [-0.3, -0.25) is 28.7 Å². The third kappa shape index (κ3) is 17.1. The minimum absolute atomic E-state index is 0.201. The highest BCUT2D eigenvalue weighted by Crippen LogP contribution is 2.47. The number of fused-ring (bicyclic) bond motifs is 4. The zero-order valence-corrected chi connectivity index (χ0v) is 47.1. The van der Waals surface area contributed by atoms with E-state index in [9.17, 15) is 60.3 Å². The summed E-state index contributed by atoms with van der Waals surface area (Å²) < 4.78 is 58.2. The Labute approximate surface area is 452 Å². The fourth-order valence-electron chi connectivity index (χ4n) is 10.1. The van der Waals surface area contributed by atoms with E-state index in [2.05, 4.69) is 26.0 Å². The first-order valence-corrected chi connectivity index (χ1v) is 30.5. The molecule has 77 heavy (non-hydrogen) atoms. The maximum absolute atomic E-state index is 13.6. The Bertz CT molecular complexity index is 2520. The van der Waals surface area contributed by atoms with Crippen LogP contribution in [0.1, 0.15) is 170 Å². The summed E-state index contributed by atoms with van der Waals surface area (Å²) >= 11 is 0. The van der Waals surface area contributed by atoms with Gasteiger partial charge in [0.2, 0.25) is 43.7 Å². The number of rotatable bonds is 7. The highest BCUT2D eigenvalue weighted by atomic mass is 32.2. The van der Waals surface area contributed by atoms with Crippen molar-refractivity contribution in [3.05, 3.63) is 24.3 Å². The van der Waals surface area contributed by atoms with Crippen LogP contribution in [0.4, 0.5) is 9.59 Å². The SMILES string of the molecule is CC(C)(C)OC(=O)NC1CCCCC/C=C\[C@@H]2C[C@@]2(C(=O)O)NC(=O)[C@@H]2CCCN2C1=O.CC(C)(C)OC(=O)N[C@H]1CCCCC/C=C\[C@@H]2C[C@@]2(C(=O)NS(=O)(=O)C2CC2)NC(=O)[C@@H]2CCCN2C1=O.NS(=O)(=O)C1CC1. The molecule has 4 aliphatic heterocycles. The van der Waals surface area contributed by atoms with Crippen molar-refractivity contribution in [1.82, 2.24) is 35.8 Å². The van der Waals surface area contributed by atoms with Crippen LogP contribution in [0.15, 0.2) is 24.3 Å². The van der Waals surface area contributed by atoms with E-state index < -0.39 is 108 Å². The number of ether oxygens (including phenoxy) is 2. The van der Waals surface area contributed by atoms with Gasteiger partial charge >= 0.3 is 18.2 Å². The van der Waals surface area contributed by atoms with Gasteiger partial charge in [-0.15, -0.1) is 0 Å². The summed E-state index contributed by atoms with van der Waals surface area (Å²) in [5.41, 5.74) is -4.07. The van der Waals surface area contributed by atoms with Crippen LogP contribution in [0.3, 0.4) is 0 Å². The monoisotopic (exact) mass is 1120 g/mol. The van der Waals surface area contributed by atoms with Crippen LogP contribution in [-0.4, -0.2) is 149 Å². The number of nitrogens with two attached hydrogens (primary N) is 1. The van der Waals surface area contributed by atoms with Crippen LogP contribution in [0.5, 0.6) is 0 Å². The number of carboxylic acid groups (broad SMARTS) is 1. The second kappa shape index (κ2) is 24.8. The van der Waals surface area contributed by atoms with Crippen molar-refractivity contribution < 1.29 is 69.8 Å². The molecule has 0 radical (unpaired) electrons. The number of carbonyl (C=O) groups excluding carboxylic acids is 7. The van der Waals surface area contributed by atoms with Crippen LogP contribution in [-0.2, 0) is 58.3 Å². The molecule has 432 valence electrons. The number of amides is 7. The molecule has 23 nitrogen and oxygen atoms in total. The Kier molecular flexibility index (Phi) is 19.6. The highest BCUT2D eigenvalue weighted by Gasteiger charge is 2.63. The molecule has 0 aromatic heterocycles. The lowest BCUT2D eigenvalue weighted by Crippen LogP contribution is -2.58. The number of aliphatic carboxylic acids is 1. The van der Waals surface area contributed by atoms with Gasteiger partial charge in [0.15, 0.2) is 0 Å². The summed E-state index contributed by atoms with van der Waals surface area (Å²) in [7, 11) is -6.91. The number of nitrogens with one attached hydrogen (secondary N) is 5. The average molecular weight is 1120 g/mol. The Morgan fingerprint density at radius 3 is 1.42 bits per heavy atom. The number of nitrogens with zero attached hydrogens (tertiary/aromatic N) is 2. The number of carboxylic acids is 1. The van der Waals surface area contributed by atoms with Crippen molar-refractivity contribution in [2.75, 3.05) is 13.1 Å². The molecule has 8 aliphatic rings. The number of hydrogen-bond donors (Lipinski definition) is 7. The molecule has 8 rings (SSSR count). The smallest absolute Gasteiger partial charge is 0.408 e. The van der Waals surface area contributed by atoms with Crippen LogP contribution < -0.4 is 31.1 Å². The molecule has 0 aromatic rings. The molecular formula is C52H82N8O15S2. The minimum Gasteiger partial charge on any atom is -0.479 e. The highest BCUT2D eigenvalue weighted by molar-refractivity contribution is 7.91. The maximum atomic E-state index is 13.6. The Balaban J connectivity index is 0.000000223. The minimum atomic E-state index is -3.78. The molecule has 2 saturated heterocycles. The fraction of sp³-hybridized carbons (Fsp3) is 0.769. The van der Waals surface area contributed by atoms with E-state index in [0.29, 0.717) is 83.7 Å². The third-order valence-corrected chi connectivity index (χ3v) is 18.0. The van der Waals surface area contributed by atoms with Gasteiger partial charge in [-0.1, -0.05) is 50.0 Å². The Hall–Kier alpha value is -5.30. The zero-order chi connectivity index (χ0) is 56.7. The number of sulfonamides is 2. The van der Waals surface area contributed by atoms with Gasteiger partial charge in [0.25, 0.3) is 5.91 Å². The summed E-state index contributed by atoms with van der Waals surface area (Å²) in [5.74, 6) is -3.94. The molecule has 8 N–H and O–H groups in total. The second-order valence-corrected chi connectivity index (χ2v) is 27.5. The van der Waals surface area contributed by atoms with Crippen molar-refractivity contribution in [3.8, 4) is 0 Å². The van der Waals surface area contributed by atoms with Crippen molar-refractivity contribution in [3.63, 3.8) is 0 Å². The lowest BCUT2D eigenvalue weighted by atomic mass is 10.0. The molecule has 4 heterocycles. The molecule has 0 spiro atoms. The van der Waals surface area contributed by atoms with Crippen LogP contribution in [0, 0.1) is 11.8 Å². The molecule has 1 unspecified atom stereocenters. The van der Waals surface area contributed by atoms with Crippen molar-refractivity contribution in [2.45, 2.75) is 227 Å². The van der Waals surface area contributed by atoms with Crippen molar-refractivity contribution >= 4 is 67.7 Å². The molecule has 8 atom stereocenters. The van der Waals surface area contributed by atoms with Crippen LogP contribution >= 0.6 is 0 Å². The van der Waals surface area contributed by atoms with Gasteiger partial charge in [-0.25, -0.2) is 36.4 Å². The Morgan fingerprint density at radius 1 is 0.610 bits per heavy atom. The lowest BCUT2D eigenvalue weighted by molar-refractivity contribution is -0.145. The summed E-state index contributed by atoms with van der Waals surface area (Å²) in [6, 6.07) is -3.18. The van der Waals surface area contributed by atoms with Gasteiger partial charge < -0.3 is 45.6 Å². The van der Waals surface area contributed by atoms with E-state index in [1.807, 2.05) is 24.3 Å². The van der Waals surface area contributed by atoms with Crippen LogP contribution in [0.25, 0.3) is 0 Å². The molecule has 4 saturated carbocycles. The predicted molar refractivity (Wildman–Crippen MR) is 282 cm³/mol. The third-order valence-electron chi connectivity index (χ3n) is 14.8. The van der Waals surface area contributed by atoms with E-state index in [1.54, 1.807) is 41.5 Å². The average Bonchev–Trinajstić information content (AvgIpc) is 4.18. The summed E-state index contributed by atoms with van der Waals surface area (Å²) in [6.07, 6.45) is 19.0. The van der Waals surface area contributed by atoms with E-state index >= 15 is 0 Å². The standard InChI is InChI=1S/C26H40N4O7S.C23H35N3O6.C3H7NO2S/c1-25(2,3)37-24(34)27-19-11-8-6-4-5-7-10-17-16-26(17,23(33)29-38(35,36)18-13-14-18)28-21(31)20-12-9-15-30(20)22(19)32;1-22(2,3)32-21(31)24-16-11-8-6-4-5-7-10-15-14-23(15,20(29)30)25-18(27)17-12-9-13-26(17)19(16)28;4-7(5,6)3-1-2-3/h7,10,17-20H,4-6,8-9,11-16H2,1-3H3,(H,27,34)(H,28,31)(H,29,33);7,10,15-17H,4-6,8-9,11-14H2,1-3H3,(H,24,31)(H,25,27)(H,29,30);3H,1-2H2,(H2,4,5,6)/b2*10-7-;/t17-,19+,20+,26-;15-,16?,17+,23-;/m11./s1. The molecule has 0 bridgehead atoms. The fourth-order valence-corrected chi connectivity index (χ4v) is 12.3. The number of primary sulfonamides is 1. The van der Waals surface area contributed by atoms with Gasteiger partial charge in [0.05, 0.1) is 10.5 Å².